The first-order chi connectivity index (χ1) is 9.08. The zero-order valence-electron chi connectivity index (χ0n) is 11.2. The third-order valence-corrected chi connectivity index (χ3v) is 3.94. The minimum Gasteiger partial charge on any atom is -0.478 e. The summed E-state index contributed by atoms with van der Waals surface area (Å²) in [4.78, 5) is 11.1. The van der Waals surface area contributed by atoms with Crippen molar-refractivity contribution in [2.75, 3.05) is 11.9 Å². The Balaban J connectivity index is 2.00. The van der Waals surface area contributed by atoms with Crippen molar-refractivity contribution in [2.24, 2.45) is 11.8 Å². The lowest BCUT2D eigenvalue weighted by molar-refractivity contribution is 0.0693. The molecule has 1 aliphatic rings. The molecule has 0 aliphatic heterocycles. The third-order valence-electron chi connectivity index (χ3n) is 3.94. The number of carboxylic acid groups (broad SMARTS) is 1. The highest BCUT2D eigenvalue weighted by Crippen LogP contribution is 2.29. The Morgan fingerprint density at radius 2 is 2.05 bits per heavy atom. The minimum atomic E-state index is -1.22. The summed E-state index contributed by atoms with van der Waals surface area (Å²) in [7, 11) is 0. The van der Waals surface area contributed by atoms with E-state index in [1.807, 2.05) is 0 Å². The SMILES string of the molecule is CC1CCC(CNc2cccc(F)c2C(=O)O)CC1. The van der Waals surface area contributed by atoms with Gasteiger partial charge in [0, 0.05) is 6.54 Å². The normalized spacial score (nSPS) is 23.1. The lowest BCUT2D eigenvalue weighted by atomic mass is 9.83. The molecule has 2 rings (SSSR count). The zero-order valence-corrected chi connectivity index (χ0v) is 11.2. The van der Waals surface area contributed by atoms with Gasteiger partial charge in [-0.05, 0) is 36.8 Å². The molecule has 1 saturated carbocycles. The molecule has 1 aromatic carbocycles. The van der Waals surface area contributed by atoms with Crippen LogP contribution in [-0.2, 0) is 0 Å². The molecular weight excluding hydrogens is 245 g/mol. The van der Waals surface area contributed by atoms with Gasteiger partial charge in [-0.1, -0.05) is 25.8 Å². The second kappa shape index (κ2) is 6.04. The monoisotopic (exact) mass is 265 g/mol. The summed E-state index contributed by atoms with van der Waals surface area (Å²) in [6.07, 6.45) is 4.76. The second-order valence-corrected chi connectivity index (χ2v) is 5.47. The molecule has 1 aliphatic carbocycles. The maximum atomic E-state index is 13.5. The summed E-state index contributed by atoms with van der Waals surface area (Å²) in [6.45, 7) is 2.98. The van der Waals surface area contributed by atoms with Crippen molar-refractivity contribution >= 4 is 11.7 Å². The van der Waals surface area contributed by atoms with Gasteiger partial charge in [-0.3, -0.25) is 0 Å². The number of anilines is 1. The molecule has 0 aromatic heterocycles. The van der Waals surface area contributed by atoms with E-state index in [4.69, 9.17) is 5.11 Å². The summed E-state index contributed by atoms with van der Waals surface area (Å²) in [5, 5.41) is 12.1. The molecule has 4 heteroatoms. The van der Waals surface area contributed by atoms with Crippen LogP contribution in [0.4, 0.5) is 10.1 Å². The Morgan fingerprint density at radius 3 is 2.68 bits per heavy atom. The maximum absolute atomic E-state index is 13.5. The average Bonchev–Trinajstić information content (AvgIpc) is 2.37. The fraction of sp³-hybridized carbons (Fsp3) is 0.533. The zero-order chi connectivity index (χ0) is 13.8. The molecule has 0 unspecified atom stereocenters. The standard InChI is InChI=1S/C15H20FNO2/c1-10-5-7-11(8-6-10)9-17-13-4-2-3-12(16)14(13)15(18)19/h2-4,10-11,17H,5-9H2,1H3,(H,18,19). The van der Waals surface area contributed by atoms with Gasteiger partial charge in [-0.15, -0.1) is 0 Å². The van der Waals surface area contributed by atoms with Gasteiger partial charge in [0.1, 0.15) is 11.4 Å². The van der Waals surface area contributed by atoms with Gasteiger partial charge < -0.3 is 10.4 Å². The van der Waals surface area contributed by atoms with E-state index in [2.05, 4.69) is 12.2 Å². The minimum absolute atomic E-state index is 0.258. The number of hydrogen-bond acceptors (Lipinski definition) is 2. The highest BCUT2D eigenvalue weighted by Gasteiger charge is 2.20. The van der Waals surface area contributed by atoms with Crippen LogP contribution in [0.5, 0.6) is 0 Å². The van der Waals surface area contributed by atoms with Crippen molar-refractivity contribution in [3.8, 4) is 0 Å². The van der Waals surface area contributed by atoms with Crippen molar-refractivity contribution in [1.82, 2.24) is 0 Å². The quantitative estimate of drug-likeness (QED) is 0.871. The maximum Gasteiger partial charge on any atom is 0.340 e. The van der Waals surface area contributed by atoms with Crippen LogP contribution >= 0.6 is 0 Å². The number of halogens is 1. The Morgan fingerprint density at radius 1 is 1.37 bits per heavy atom. The molecule has 0 bridgehead atoms. The van der Waals surface area contributed by atoms with Crippen molar-refractivity contribution in [1.29, 1.82) is 0 Å². The first-order valence-electron chi connectivity index (χ1n) is 6.83. The van der Waals surface area contributed by atoms with Crippen LogP contribution < -0.4 is 5.32 Å². The number of hydrogen-bond donors (Lipinski definition) is 2. The van der Waals surface area contributed by atoms with Crippen LogP contribution in [0.25, 0.3) is 0 Å². The van der Waals surface area contributed by atoms with Crippen molar-refractivity contribution < 1.29 is 14.3 Å². The van der Waals surface area contributed by atoms with E-state index in [1.54, 1.807) is 6.07 Å². The molecule has 19 heavy (non-hydrogen) atoms. The molecule has 0 radical (unpaired) electrons. The Bertz CT molecular complexity index is 453. The second-order valence-electron chi connectivity index (χ2n) is 5.47. The van der Waals surface area contributed by atoms with Gasteiger partial charge in [-0.2, -0.15) is 0 Å². The first kappa shape index (κ1) is 13.8. The van der Waals surface area contributed by atoms with E-state index in [0.29, 0.717) is 11.6 Å². The highest BCUT2D eigenvalue weighted by atomic mass is 19.1. The molecular formula is C15H20FNO2. The molecule has 1 fully saturated rings. The average molecular weight is 265 g/mol. The number of rotatable bonds is 4. The number of carbonyl (C=O) groups is 1. The van der Waals surface area contributed by atoms with Gasteiger partial charge in [-0.25, -0.2) is 9.18 Å². The third kappa shape index (κ3) is 3.46. The lowest BCUT2D eigenvalue weighted by Gasteiger charge is -2.26. The van der Waals surface area contributed by atoms with Gasteiger partial charge >= 0.3 is 5.97 Å². The van der Waals surface area contributed by atoms with Crippen LogP contribution in [0.3, 0.4) is 0 Å². The number of carboxylic acids is 1. The summed E-state index contributed by atoms with van der Waals surface area (Å²) >= 11 is 0. The summed E-state index contributed by atoms with van der Waals surface area (Å²) in [5.41, 5.74) is 0.123. The van der Waals surface area contributed by atoms with Crippen LogP contribution in [0.1, 0.15) is 43.0 Å². The van der Waals surface area contributed by atoms with E-state index < -0.39 is 11.8 Å². The van der Waals surface area contributed by atoms with Crippen molar-refractivity contribution in [2.45, 2.75) is 32.6 Å². The molecule has 0 amide bonds. The van der Waals surface area contributed by atoms with Crippen molar-refractivity contribution in [3.63, 3.8) is 0 Å². The van der Waals surface area contributed by atoms with Crippen LogP contribution in [0.2, 0.25) is 0 Å². The number of benzene rings is 1. The number of aromatic carboxylic acids is 1. The highest BCUT2D eigenvalue weighted by molar-refractivity contribution is 5.94. The lowest BCUT2D eigenvalue weighted by Crippen LogP contribution is -2.21. The Kier molecular flexibility index (Phi) is 4.40. The van der Waals surface area contributed by atoms with E-state index in [0.717, 1.165) is 25.3 Å². The summed E-state index contributed by atoms with van der Waals surface area (Å²) in [5.74, 6) is -0.561. The van der Waals surface area contributed by atoms with Gasteiger partial charge in [0.05, 0.1) is 5.69 Å². The van der Waals surface area contributed by atoms with Gasteiger partial charge in [0.2, 0.25) is 0 Å². The largest absolute Gasteiger partial charge is 0.478 e. The molecule has 2 N–H and O–H groups in total. The fourth-order valence-electron chi connectivity index (χ4n) is 2.68. The smallest absolute Gasteiger partial charge is 0.340 e. The topological polar surface area (TPSA) is 49.3 Å². The van der Waals surface area contributed by atoms with Gasteiger partial charge in [0.25, 0.3) is 0 Å². The summed E-state index contributed by atoms with van der Waals surface area (Å²) in [6, 6.07) is 4.34. The van der Waals surface area contributed by atoms with E-state index in [9.17, 15) is 9.18 Å². The molecule has 1 aromatic rings. The van der Waals surface area contributed by atoms with Crippen LogP contribution in [0.15, 0.2) is 18.2 Å². The van der Waals surface area contributed by atoms with Gasteiger partial charge in [0.15, 0.2) is 0 Å². The number of nitrogens with one attached hydrogen (secondary N) is 1. The Labute approximate surface area is 112 Å². The predicted octanol–water partition coefficient (Wildman–Crippen LogP) is 3.76. The predicted molar refractivity (Wildman–Crippen MR) is 73.0 cm³/mol. The first-order valence-corrected chi connectivity index (χ1v) is 6.83. The molecule has 0 atom stereocenters. The molecule has 0 spiro atoms. The van der Waals surface area contributed by atoms with Crippen LogP contribution in [-0.4, -0.2) is 17.6 Å². The molecule has 3 nitrogen and oxygen atoms in total. The molecule has 104 valence electrons. The molecule has 0 heterocycles. The van der Waals surface area contributed by atoms with E-state index in [-0.39, 0.29) is 5.56 Å². The van der Waals surface area contributed by atoms with Crippen LogP contribution in [0, 0.1) is 17.7 Å². The fourth-order valence-corrected chi connectivity index (χ4v) is 2.68. The summed E-state index contributed by atoms with van der Waals surface area (Å²) < 4.78 is 13.5. The van der Waals surface area contributed by atoms with Crippen molar-refractivity contribution in [3.05, 3.63) is 29.6 Å². The van der Waals surface area contributed by atoms with E-state index >= 15 is 0 Å². The molecule has 0 saturated heterocycles. The Hall–Kier alpha value is -1.58. The van der Waals surface area contributed by atoms with E-state index in [1.165, 1.54) is 25.0 Å².